The summed E-state index contributed by atoms with van der Waals surface area (Å²) in [5.74, 6) is -1.17. The first-order valence-corrected chi connectivity index (χ1v) is 14.8. The van der Waals surface area contributed by atoms with Crippen LogP contribution in [0.3, 0.4) is 0 Å². The molecule has 6 rings (SSSR count). The smallest absolute Gasteiger partial charge is 0.335 e. The first kappa shape index (κ1) is 31.0. The number of hydrogen-bond donors (Lipinski definition) is 2. The molecule has 0 amide bonds. The lowest BCUT2D eigenvalue weighted by Crippen LogP contribution is -2.10. The van der Waals surface area contributed by atoms with Crippen LogP contribution < -0.4 is 5.56 Å². The number of fused-ring (bicyclic) bond motifs is 1. The minimum absolute atomic E-state index is 0.159. The summed E-state index contributed by atoms with van der Waals surface area (Å²) in [4.78, 5) is 38.0. The fraction of sp³-hybridized carbons (Fsp3) is 0.0789. The number of pyridine rings is 1. The van der Waals surface area contributed by atoms with Gasteiger partial charge in [0.15, 0.2) is 0 Å². The molecule has 0 aliphatic heterocycles. The molecule has 0 aliphatic rings. The van der Waals surface area contributed by atoms with Crippen LogP contribution in [0.15, 0.2) is 132 Å². The summed E-state index contributed by atoms with van der Waals surface area (Å²) in [6.07, 6.45) is 0.159. The predicted molar refractivity (Wildman–Crippen MR) is 180 cm³/mol. The summed E-state index contributed by atoms with van der Waals surface area (Å²) in [6, 6.07) is 39.9. The Bertz CT molecular complexity index is 2000. The molecule has 7 heteroatoms. The van der Waals surface area contributed by atoms with Gasteiger partial charge in [0.2, 0.25) is 0 Å². The van der Waals surface area contributed by atoms with Crippen molar-refractivity contribution in [1.29, 1.82) is 0 Å². The summed E-state index contributed by atoms with van der Waals surface area (Å²) in [5.41, 5.74) is 7.01. The second-order valence-electron chi connectivity index (χ2n) is 10.2. The number of ether oxygens (including phenoxy) is 1. The van der Waals surface area contributed by atoms with Crippen molar-refractivity contribution in [1.82, 2.24) is 4.98 Å². The fourth-order valence-electron chi connectivity index (χ4n) is 4.95. The number of aromatic amines is 1. The van der Waals surface area contributed by atoms with Crippen LogP contribution in [0.25, 0.3) is 44.3 Å². The number of carboxylic acid groups (broad SMARTS) is 1. The zero-order valence-electron chi connectivity index (χ0n) is 24.5. The van der Waals surface area contributed by atoms with Crippen LogP contribution >= 0.6 is 11.6 Å². The molecule has 0 aliphatic carbocycles. The second kappa shape index (κ2) is 14.3. The summed E-state index contributed by atoms with van der Waals surface area (Å²) < 4.78 is 5.05. The molecule has 6 aromatic rings. The van der Waals surface area contributed by atoms with E-state index in [1.807, 2.05) is 54.6 Å². The van der Waals surface area contributed by atoms with Gasteiger partial charge in [-0.05, 0) is 70.5 Å². The third-order valence-corrected chi connectivity index (χ3v) is 7.46. The van der Waals surface area contributed by atoms with Gasteiger partial charge in [-0.1, -0.05) is 109 Å². The minimum atomic E-state index is -0.879. The first-order valence-electron chi connectivity index (χ1n) is 14.4. The van der Waals surface area contributed by atoms with Crippen LogP contribution in [0.1, 0.15) is 22.8 Å². The molecule has 6 nitrogen and oxygen atoms in total. The number of benzene rings is 5. The van der Waals surface area contributed by atoms with E-state index < -0.39 is 5.97 Å². The molecular formula is C38H30ClNO5. The molecule has 1 heterocycles. The van der Waals surface area contributed by atoms with E-state index in [0.717, 1.165) is 38.8 Å². The monoisotopic (exact) mass is 615 g/mol. The van der Waals surface area contributed by atoms with Crippen molar-refractivity contribution >= 4 is 34.4 Å². The number of rotatable bonds is 7. The van der Waals surface area contributed by atoms with Crippen LogP contribution in [-0.2, 0) is 16.0 Å². The van der Waals surface area contributed by atoms with Crippen LogP contribution in [0, 0.1) is 0 Å². The molecule has 224 valence electrons. The molecule has 0 fully saturated rings. The average molecular weight is 616 g/mol. The van der Waals surface area contributed by atoms with Crippen LogP contribution in [-0.4, -0.2) is 28.6 Å². The Balaban J connectivity index is 0.000000383. The Labute approximate surface area is 265 Å². The zero-order chi connectivity index (χ0) is 31.8. The maximum atomic E-state index is 12.9. The molecule has 1 aromatic heterocycles. The van der Waals surface area contributed by atoms with Gasteiger partial charge in [0.25, 0.3) is 5.56 Å². The highest BCUT2D eigenvalue weighted by molar-refractivity contribution is 6.34. The Morgan fingerprint density at radius 1 is 0.711 bits per heavy atom. The number of aromatic carboxylic acids is 1. The largest absolute Gasteiger partial charge is 0.478 e. The first-order chi connectivity index (χ1) is 21.8. The third kappa shape index (κ3) is 7.74. The van der Waals surface area contributed by atoms with Crippen LogP contribution in [0.5, 0.6) is 0 Å². The molecule has 0 saturated carbocycles. The standard InChI is InChI=1S/C31H24ClNO3.C7H6O2/c1-2-36-30(34)16-20-7-6-10-24(15-20)27-18-25-17-26(28(32)19-29(25)33-31(27)35)23-13-11-22(12-14-23)21-8-4-3-5-9-21;8-7(9)6-4-2-1-3-5-6/h3-15,17-19H,2,16H2,1H3,(H,33,35);1-5H,(H,8,9). The van der Waals surface area contributed by atoms with Gasteiger partial charge in [0.1, 0.15) is 0 Å². The van der Waals surface area contributed by atoms with E-state index >= 15 is 0 Å². The molecule has 0 unspecified atom stereocenters. The van der Waals surface area contributed by atoms with E-state index in [4.69, 9.17) is 21.4 Å². The third-order valence-electron chi connectivity index (χ3n) is 7.15. The average Bonchev–Trinajstić information content (AvgIpc) is 3.06. The zero-order valence-corrected chi connectivity index (χ0v) is 25.3. The van der Waals surface area contributed by atoms with Gasteiger partial charge in [-0.2, -0.15) is 0 Å². The number of halogens is 1. The van der Waals surface area contributed by atoms with Crippen molar-refractivity contribution in [2.24, 2.45) is 0 Å². The van der Waals surface area contributed by atoms with Crippen molar-refractivity contribution in [2.45, 2.75) is 13.3 Å². The number of hydrogen-bond acceptors (Lipinski definition) is 4. The Hall–Kier alpha value is -5.46. The molecule has 0 atom stereocenters. The number of carboxylic acids is 1. The summed E-state index contributed by atoms with van der Waals surface area (Å²) in [6.45, 7) is 2.11. The maximum absolute atomic E-state index is 12.9. The van der Waals surface area contributed by atoms with E-state index in [2.05, 4.69) is 41.4 Å². The predicted octanol–water partition coefficient (Wildman–Crippen LogP) is 8.67. The molecule has 0 saturated heterocycles. The fourth-order valence-corrected chi connectivity index (χ4v) is 5.22. The van der Waals surface area contributed by atoms with E-state index in [1.165, 1.54) is 0 Å². The highest BCUT2D eigenvalue weighted by atomic mass is 35.5. The normalized spacial score (nSPS) is 10.5. The number of nitrogens with one attached hydrogen (secondary N) is 1. The molecule has 0 spiro atoms. The van der Waals surface area contributed by atoms with Crippen molar-refractivity contribution < 1.29 is 19.4 Å². The molecule has 5 aromatic carbocycles. The summed E-state index contributed by atoms with van der Waals surface area (Å²) >= 11 is 6.63. The maximum Gasteiger partial charge on any atom is 0.335 e. The van der Waals surface area contributed by atoms with Gasteiger partial charge in [0, 0.05) is 16.6 Å². The lowest BCUT2D eigenvalue weighted by atomic mass is 9.97. The van der Waals surface area contributed by atoms with Crippen LogP contribution in [0.4, 0.5) is 0 Å². The molecular weight excluding hydrogens is 586 g/mol. The van der Waals surface area contributed by atoms with Crippen molar-refractivity contribution in [3.05, 3.63) is 154 Å². The van der Waals surface area contributed by atoms with E-state index in [-0.39, 0.29) is 17.9 Å². The molecule has 45 heavy (non-hydrogen) atoms. The quantitative estimate of drug-likeness (QED) is 0.175. The van der Waals surface area contributed by atoms with Gasteiger partial charge in [-0.25, -0.2) is 4.79 Å². The number of carbonyl (C=O) groups is 2. The van der Waals surface area contributed by atoms with Crippen molar-refractivity contribution in [2.75, 3.05) is 6.61 Å². The highest BCUT2D eigenvalue weighted by Crippen LogP contribution is 2.34. The summed E-state index contributed by atoms with van der Waals surface area (Å²) in [7, 11) is 0. The Morgan fingerprint density at radius 3 is 1.96 bits per heavy atom. The van der Waals surface area contributed by atoms with E-state index in [1.54, 1.807) is 43.3 Å². The molecule has 2 N–H and O–H groups in total. The Kier molecular flexibility index (Phi) is 9.87. The molecule has 0 radical (unpaired) electrons. The lowest BCUT2D eigenvalue weighted by molar-refractivity contribution is -0.142. The highest BCUT2D eigenvalue weighted by Gasteiger charge is 2.12. The number of H-pyrrole nitrogens is 1. The van der Waals surface area contributed by atoms with E-state index in [0.29, 0.717) is 28.3 Å². The van der Waals surface area contributed by atoms with E-state index in [9.17, 15) is 14.4 Å². The van der Waals surface area contributed by atoms with Crippen molar-refractivity contribution in [3.8, 4) is 33.4 Å². The van der Waals surface area contributed by atoms with Gasteiger partial charge in [-0.3, -0.25) is 9.59 Å². The second-order valence-corrected chi connectivity index (χ2v) is 10.6. The van der Waals surface area contributed by atoms with Crippen LogP contribution in [0.2, 0.25) is 5.02 Å². The lowest BCUT2D eigenvalue weighted by Gasteiger charge is -2.10. The van der Waals surface area contributed by atoms with Gasteiger partial charge in [0.05, 0.1) is 23.6 Å². The Morgan fingerprint density at radius 2 is 1.31 bits per heavy atom. The number of aromatic nitrogens is 1. The number of esters is 1. The summed E-state index contributed by atoms with van der Waals surface area (Å²) in [5, 5.41) is 9.82. The minimum Gasteiger partial charge on any atom is -0.478 e. The van der Waals surface area contributed by atoms with Crippen molar-refractivity contribution in [3.63, 3.8) is 0 Å². The van der Waals surface area contributed by atoms with Gasteiger partial charge >= 0.3 is 11.9 Å². The van der Waals surface area contributed by atoms with Gasteiger partial charge in [-0.15, -0.1) is 0 Å². The van der Waals surface area contributed by atoms with Gasteiger partial charge < -0.3 is 14.8 Å². The SMILES string of the molecule is CCOC(=O)Cc1cccc(-c2cc3cc(-c4ccc(-c5ccccc5)cc4)c(Cl)cc3[nH]c2=O)c1.O=C(O)c1ccccc1. The number of carbonyl (C=O) groups excluding carboxylic acids is 1. The topological polar surface area (TPSA) is 96.5 Å². The molecule has 0 bridgehead atoms.